The molecule has 178 valence electrons. The SMILES string of the molecule is COc1ccc(S(=O)(=O)N2CCCCC2)cc1NC(=O)c1ccc(OCc2ccccc2)cc1. The fraction of sp³-hybridized carbons (Fsp3) is 0.269. The zero-order valence-electron chi connectivity index (χ0n) is 19.1. The third-order valence-electron chi connectivity index (χ3n) is 5.74. The van der Waals surface area contributed by atoms with Gasteiger partial charge in [0.1, 0.15) is 18.1 Å². The predicted molar refractivity (Wildman–Crippen MR) is 131 cm³/mol. The highest BCUT2D eigenvalue weighted by atomic mass is 32.2. The van der Waals surface area contributed by atoms with E-state index in [2.05, 4.69) is 5.32 Å². The molecule has 3 aromatic carbocycles. The molecule has 1 N–H and O–H groups in total. The average molecular weight is 481 g/mol. The van der Waals surface area contributed by atoms with E-state index in [-0.39, 0.29) is 10.8 Å². The lowest BCUT2D eigenvalue weighted by Gasteiger charge is -2.26. The standard InChI is InChI=1S/C26H28N2O5S/c1-32-25-15-14-23(34(30,31)28-16-6-3-7-17-28)18-24(25)27-26(29)21-10-12-22(13-11-21)33-19-20-8-4-2-5-9-20/h2,4-5,8-15,18H,3,6-7,16-17,19H2,1H3,(H,27,29). The molecule has 3 aromatic rings. The molecule has 8 heteroatoms. The lowest BCUT2D eigenvalue weighted by molar-refractivity contribution is 0.102. The molecule has 1 saturated heterocycles. The van der Waals surface area contributed by atoms with Crippen LogP contribution < -0.4 is 14.8 Å². The lowest BCUT2D eigenvalue weighted by Crippen LogP contribution is -2.35. The molecule has 0 spiro atoms. The second-order valence-electron chi connectivity index (χ2n) is 8.08. The average Bonchev–Trinajstić information content (AvgIpc) is 2.89. The summed E-state index contributed by atoms with van der Waals surface area (Å²) in [4.78, 5) is 13.0. The topological polar surface area (TPSA) is 84.9 Å². The molecule has 4 rings (SSSR count). The number of ether oxygens (including phenoxy) is 2. The first-order valence-corrected chi connectivity index (χ1v) is 12.7. The van der Waals surface area contributed by atoms with E-state index >= 15 is 0 Å². The van der Waals surface area contributed by atoms with E-state index < -0.39 is 10.0 Å². The number of nitrogens with one attached hydrogen (secondary N) is 1. The smallest absolute Gasteiger partial charge is 0.255 e. The number of hydrogen-bond donors (Lipinski definition) is 1. The van der Waals surface area contributed by atoms with Gasteiger partial charge in [-0.25, -0.2) is 8.42 Å². The van der Waals surface area contributed by atoms with Crippen LogP contribution in [0.15, 0.2) is 77.7 Å². The fourth-order valence-electron chi connectivity index (χ4n) is 3.84. The minimum Gasteiger partial charge on any atom is -0.495 e. The van der Waals surface area contributed by atoms with Gasteiger partial charge in [0.2, 0.25) is 10.0 Å². The number of nitrogens with zero attached hydrogens (tertiary/aromatic N) is 1. The maximum atomic E-state index is 13.1. The largest absolute Gasteiger partial charge is 0.495 e. The Morgan fingerprint density at radius 3 is 2.32 bits per heavy atom. The molecule has 0 saturated carbocycles. The van der Waals surface area contributed by atoms with E-state index in [0.717, 1.165) is 24.8 Å². The molecular weight excluding hydrogens is 452 g/mol. The van der Waals surface area contributed by atoms with Gasteiger partial charge in [0.05, 0.1) is 17.7 Å². The first-order valence-electron chi connectivity index (χ1n) is 11.2. The van der Waals surface area contributed by atoms with Crippen molar-refractivity contribution in [2.75, 3.05) is 25.5 Å². The summed E-state index contributed by atoms with van der Waals surface area (Å²) < 4.78 is 38.7. The maximum Gasteiger partial charge on any atom is 0.255 e. The number of benzene rings is 3. The van der Waals surface area contributed by atoms with E-state index in [1.807, 2.05) is 30.3 Å². The van der Waals surface area contributed by atoms with Gasteiger partial charge >= 0.3 is 0 Å². The first-order chi connectivity index (χ1) is 16.5. The summed E-state index contributed by atoms with van der Waals surface area (Å²) in [7, 11) is -2.16. The molecule has 0 aromatic heterocycles. The number of amides is 1. The van der Waals surface area contributed by atoms with Gasteiger partial charge in [0.25, 0.3) is 5.91 Å². The first kappa shape index (κ1) is 23.8. The number of anilines is 1. The number of sulfonamides is 1. The van der Waals surface area contributed by atoms with Crippen LogP contribution in [0.2, 0.25) is 0 Å². The van der Waals surface area contributed by atoms with Crippen molar-refractivity contribution in [3.05, 3.63) is 83.9 Å². The number of rotatable bonds is 8. The van der Waals surface area contributed by atoms with Crippen molar-refractivity contribution in [2.45, 2.75) is 30.8 Å². The Hall–Kier alpha value is -3.36. The van der Waals surface area contributed by atoms with E-state index in [1.54, 1.807) is 30.3 Å². The molecular formula is C26H28N2O5S. The van der Waals surface area contributed by atoms with Crippen LogP contribution >= 0.6 is 0 Å². The van der Waals surface area contributed by atoms with Crippen molar-refractivity contribution < 1.29 is 22.7 Å². The Bertz CT molecular complexity index is 1220. The highest BCUT2D eigenvalue weighted by Gasteiger charge is 2.27. The molecule has 0 atom stereocenters. The Kier molecular flexibility index (Phi) is 7.49. The molecule has 0 radical (unpaired) electrons. The third-order valence-corrected chi connectivity index (χ3v) is 7.63. The summed E-state index contributed by atoms with van der Waals surface area (Å²) >= 11 is 0. The summed E-state index contributed by atoms with van der Waals surface area (Å²) in [5.41, 5.74) is 1.77. The number of piperidine rings is 1. The zero-order valence-corrected chi connectivity index (χ0v) is 19.9. The van der Waals surface area contributed by atoms with Crippen molar-refractivity contribution in [3.8, 4) is 11.5 Å². The molecule has 34 heavy (non-hydrogen) atoms. The summed E-state index contributed by atoms with van der Waals surface area (Å²) in [6.07, 6.45) is 2.74. The summed E-state index contributed by atoms with van der Waals surface area (Å²) in [5.74, 6) is 0.654. The Balaban J connectivity index is 1.47. The molecule has 1 heterocycles. The third kappa shape index (κ3) is 5.58. The predicted octanol–water partition coefficient (Wildman–Crippen LogP) is 4.70. The van der Waals surface area contributed by atoms with Crippen molar-refractivity contribution in [1.82, 2.24) is 4.31 Å². The summed E-state index contributed by atoms with van der Waals surface area (Å²) in [5, 5.41) is 2.78. The minimum atomic E-state index is -3.63. The second kappa shape index (κ2) is 10.7. The highest BCUT2D eigenvalue weighted by molar-refractivity contribution is 7.89. The number of hydrogen-bond acceptors (Lipinski definition) is 5. The Labute approximate surface area is 200 Å². The summed E-state index contributed by atoms with van der Waals surface area (Å²) in [6, 6.07) is 21.1. The van der Waals surface area contributed by atoms with Crippen molar-refractivity contribution in [1.29, 1.82) is 0 Å². The van der Waals surface area contributed by atoms with Crippen LogP contribution in [0.5, 0.6) is 11.5 Å². The normalized spacial score (nSPS) is 14.4. The molecule has 1 fully saturated rings. The molecule has 0 aliphatic carbocycles. The van der Waals surface area contributed by atoms with E-state index in [0.29, 0.717) is 42.4 Å². The van der Waals surface area contributed by atoms with Crippen LogP contribution in [-0.4, -0.2) is 38.8 Å². The van der Waals surface area contributed by atoms with Gasteiger partial charge in [-0.05, 0) is 60.9 Å². The minimum absolute atomic E-state index is 0.134. The Morgan fingerprint density at radius 1 is 0.941 bits per heavy atom. The van der Waals surface area contributed by atoms with Crippen LogP contribution in [0.1, 0.15) is 35.2 Å². The van der Waals surface area contributed by atoms with Crippen LogP contribution in [0.25, 0.3) is 0 Å². The van der Waals surface area contributed by atoms with Gasteiger partial charge in [0.15, 0.2) is 0 Å². The van der Waals surface area contributed by atoms with Gasteiger partial charge in [-0.3, -0.25) is 4.79 Å². The highest BCUT2D eigenvalue weighted by Crippen LogP contribution is 2.30. The molecule has 7 nitrogen and oxygen atoms in total. The van der Waals surface area contributed by atoms with Crippen LogP contribution in [-0.2, 0) is 16.6 Å². The quantitative estimate of drug-likeness (QED) is 0.505. The van der Waals surface area contributed by atoms with E-state index in [9.17, 15) is 13.2 Å². The van der Waals surface area contributed by atoms with Crippen molar-refractivity contribution in [3.63, 3.8) is 0 Å². The van der Waals surface area contributed by atoms with E-state index in [4.69, 9.17) is 9.47 Å². The molecule has 1 aliphatic heterocycles. The van der Waals surface area contributed by atoms with E-state index in [1.165, 1.54) is 23.5 Å². The van der Waals surface area contributed by atoms with Gasteiger partial charge in [0, 0.05) is 18.7 Å². The number of methoxy groups -OCH3 is 1. The summed E-state index contributed by atoms with van der Waals surface area (Å²) in [6.45, 7) is 1.45. The zero-order chi connectivity index (χ0) is 24.0. The molecule has 0 bridgehead atoms. The Morgan fingerprint density at radius 2 is 1.65 bits per heavy atom. The van der Waals surface area contributed by atoms with Crippen LogP contribution in [0.3, 0.4) is 0 Å². The fourth-order valence-corrected chi connectivity index (χ4v) is 5.38. The van der Waals surface area contributed by atoms with Crippen molar-refractivity contribution in [2.24, 2.45) is 0 Å². The molecule has 0 unspecified atom stereocenters. The molecule has 1 amide bonds. The van der Waals surface area contributed by atoms with Gasteiger partial charge < -0.3 is 14.8 Å². The number of carbonyl (C=O) groups excluding carboxylic acids is 1. The van der Waals surface area contributed by atoms with Crippen molar-refractivity contribution >= 4 is 21.6 Å². The number of carbonyl (C=O) groups is 1. The lowest BCUT2D eigenvalue weighted by atomic mass is 10.2. The van der Waals surface area contributed by atoms with Gasteiger partial charge in [-0.1, -0.05) is 36.8 Å². The molecule has 1 aliphatic rings. The van der Waals surface area contributed by atoms with Crippen LogP contribution in [0.4, 0.5) is 5.69 Å². The van der Waals surface area contributed by atoms with Gasteiger partial charge in [-0.15, -0.1) is 0 Å². The maximum absolute atomic E-state index is 13.1. The monoisotopic (exact) mass is 480 g/mol. The second-order valence-corrected chi connectivity index (χ2v) is 10.0. The van der Waals surface area contributed by atoms with Crippen LogP contribution in [0, 0.1) is 0 Å². The van der Waals surface area contributed by atoms with Gasteiger partial charge in [-0.2, -0.15) is 4.31 Å².